The molecule has 1 aromatic rings. The summed E-state index contributed by atoms with van der Waals surface area (Å²) < 4.78 is 16.4. The number of oxime groups is 1. The first-order valence-corrected chi connectivity index (χ1v) is 6.46. The molecular weight excluding hydrogens is 316 g/mol. The highest BCUT2D eigenvalue weighted by Crippen LogP contribution is 2.26. The number of nitrogens with zero attached hydrogens (tertiary/aromatic N) is 1. The van der Waals surface area contributed by atoms with E-state index in [4.69, 9.17) is 25.2 Å². The quantitative estimate of drug-likeness (QED) is 0.248. The minimum Gasteiger partial charge on any atom is -0.490 e. The number of amidine groups is 1. The van der Waals surface area contributed by atoms with Crippen molar-refractivity contribution >= 4 is 21.8 Å². The van der Waals surface area contributed by atoms with Gasteiger partial charge in [0.05, 0.1) is 25.4 Å². The zero-order valence-electron chi connectivity index (χ0n) is 10.6. The number of halogens is 1. The van der Waals surface area contributed by atoms with Gasteiger partial charge in [0.15, 0.2) is 5.84 Å². The maximum atomic E-state index is 8.75. The maximum Gasteiger partial charge on any atom is 0.174 e. The standard InChI is InChI=1S/C12H17BrN2O4/c1-17-5-6-18-7-8-19-10-4-2-3-9(13)11(10)12(14)15-16/h2-4,16H,5-8H2,1H3,(H2,14,15). The van der Waals surface area contributed by atoms with Crippen molar-refractivity contribution in [3.05, 3.63) is 28.2 Å². The third-order valence-electron chi connectivity index (χ3n) is 2.26. The van der Waals surface area contributed by atoms with Crippen LogP contribution in [0, 0.1) is 0 Å². The molecule has 0 aliphatic rings. The predicted molar refractivity (Wildman–Crippen MR) is 74.8 cm³/mol. The predicted octanol–water partition coefficient (Wildman–Crippen LogP) is 1.59. The molecule has 0 amide bonds. The fraction of sp³-hybridized carbons (Fsp3) is 0.417. The van der Waals surface area contributed by atoms with Gasteiger partial charge >= 0.3 is 0 Å². The fourth-order valence-electron chi connectivity index (χ4n) is 1.38. The van der Waals surface area contributed by atoms with Gasteiger partial charge in [-0.2, -0.15) is 0 Å². The zero-order chi connectivity index (χ0) is 14.1. The van der Waals surface area contributed by atoms with Crippen LogP contribution in [0.4, 0.5) is 0 Å². The monoisotopic (exact) mass is 332 g/mol. The molecule has 0 radical (unpaired) electrons. The molecule has 0 saturated heterocycles. The molecule has 0 aliphatic heterocycles. The molecule has 0 fully saturated rings. The Morgan fingerprint density at radius 1 is 1.32 bits per heavy atom. The Morgan fingerprint density at radius 3 is 2.74 bits per heavy atom. The van der Waals surface area contributed by atoms with Crippen molar-refractivity contribution in [2.24, 2.45) is 10.9 Å². The number of hydrogen-bond acceptors (Lipinski definition) is 5. The van der Waals surface area contributed by atoms with Crippen LogP contribution in [-0.4, -0.2) is 44.6 Å². The molecule has 0 unspecified atom stereocenters. The molecule has 106 valence electrons. The van der Waals surface area contributed by atoms with Crippen molar-refractivity contribution in [2.45, 2.75) is 0 Å². The van der Waals surface area contributed by atoms with E-state index >= 15 is 0 Å². The third kappa shape index (κ3) is 5.06. The Bertz CT molecular complexity index is 426. The van der Waals surface area contributed by atoms with Crippen LogP contribution in [0.5, 0.6) is 5.75 Å². The van der Waals surface area contributed by atoms with Crippen molar-refractivity contribution in [1.29, 1.82) is 0 Å². The van der Waals surface area contributed by atoms with Crippen LogP contribution in [0.2, 0.25) is 0 Å². The first kappa shape index (κ1) is 15.7. The smallest absolute Gasteiger partial charge is 0.174 e. The first-order valence-electron chi connectivity index (χ1n) is 5.66. The van der Waals surface area contributed by atoms with Gasteiger partial charge in [-0.3, -0.25) is 0 Å². The highest BCUT2D eigenvalue weighted by Gasteiger charge is 2.12. The normalized spacial score (nSPS) is 11.6. The minimum atomic E-state index is -0.0113. The number of methoxy groups -OCH3 is 1. The Morgan fingerprint density at radius 2 is 2.05 bits per heavy atom. The van der Waals surface area contributed by atoms with Crippen molar-refractivity contribution in [2.75, 3.05) is 33.5 Å². The fourth-order valence-corrected chi connectivity index (χ4v) is 1.93. The Kier molecular flexibility index (Phi) is 7.24. The summed E-state index contributed by atoms with van der Waals surface area (Å²) in [6.07, 6.45) is 0. The molecule has 0 bridgehead atoms. The van der Waals surface area contributed by atoms with Gasteiger partial charge in [0.1, 0.15) is 12.4 Å². The van der Waals surface area contributed by atoms with E-state index in [1.54, 1.807) is 25.3 Å². The molecule has 0 saturated carbocycles. The summed E-state index contributed by atoms with van der Waals surface area (Å²) in [6.45, 7) is 1.87. The largest absolute Gasteiger partial charge is 0.490 e. The summed E-state index contributed by atoms with van der Waals surface area (Å²) in [5, 5.41) is 11.7. The summed E-state index contributed by atoms with van der Waals surface area (Å²) in [6, 6.07) is 5.34. The molecule has 6 nitrogen and oxygen atoms in total. The first-order chi connectivity index (χ1) is 9.20. The van der Waals surface area contributed by atoms with Crippen LogP contribution in [0.25, 0.3) is 0 Å². The molecule has 0 aromatic heterocycles. The van der Waals surface area contributed by atoms with Crippen molar-refractivity contribution in [1.82, 2.24) is 0 Å². The van der Waals surface area contributed by atoms with E-state index in [1.807, 2.05) is 0 Å². The number of hydrogen-bond donors (Lipinski definition) is 2. The van der Waals surface area contributed by atoms with E-state index in [1.165, 1.54) is 0 Å². The lowest BCUT2D eigenvalue weighted by Gasteiger charge is -2.12. The van der Waals surface area contributed by atoms with Gasteiger partial charge in [-0.05, 0) is 28.1 Å². The van der Waals surface area contributed by atoms with E-state index in [9.17, 15) is 0 Å². The second-order valence-electron chi connectivity index (χ2n) is 3.55. The molecule has 19 heavy (non-hydrogen) atoms. The van der Waals surface area contributed by atoms with E-state index in [2.05, 4.69) is 21.1 Å². The number of benzene rings is 1. The SMILES string of the molecule is COCCOCCOc1cccc(Br)c1/C(N)=N/O. The van der Waals surface area contributed by atoms with Crippen LogP contribution >= 0.6 is 15.9 Å². The topological polar surface area (TPSA) is 86.3 Å². The van der Waals surface area contributed by atoms with Crippen LogP contribution in [0.15, 0.2) is 27.8 Å². The summed E-state index contributed by atoms with van der Waals surface area (Å²) in [4.78, 5) is 0. The average Bonchev–Trinajstić information content (AvgIpc) is 2.42. The van der Waals surface area contributed by atoms with E-state index < -0.39 is 0 Å². The molecule has 1 rings (SSSR count). The summed E-state index contributed by atoms with van der Waals surface area (Å²) in [5.41, 5.74) is 6.12. The van der Waals surface area contributed by atoms with Crippen LogP contribution in [-0.2, 0) is 9.47 Å². The van der Waals surface area contributed by atoms with Gasteiger partial charge in [0.25, 0.3) is 0 Å². The molecule has 3 N–H and O–H groups in total. The lowest BCUT2D eigenvalue weighted by atomic mass is 10.2. The molecule has 7 heteroatoms. The van der Waals surface area contributed by atoms with Gasteiger partial charge in [-0.1, -0.05) is 11.2 Å². The Hall–Kier alpha value is -1.31. The van der Waals surface area contributed by atoms with E-state index in [0.717, 1.165) is 0 Å². The second kappa shape index (κ2) is 8.73. The summed E-state index contributed by atoms with van der Waals surface area (Å²) in [5.74, 6) is 0.516. The third-order valence-corrected chi connectivity index (χ3v) is 2.92. The molecule has 0 heterocycles. The molecular formula is C12H17BrN2O4. The summed E-state index contributed by atoms with van der Waals surface area (Å²) in [7, 11) is 1.62. The highest BCUT2D eigenvalue weighted by molar-refractivity contribution is 9.10. The van der Waals surface area contributed by atoms with E-state index in [0.29, 0.717) is 42.2 Å². The van der Waals surface area contributed by atoms with Gasteiger partial charge in [-0.15, -0.1) is 0 Å². The minimum absolute atomic E-state index is 0.0113. The average molecular weight is 333 g/mol. The number of ether oxygens (including phenoxy) is 3. The van der Waals surface area contributed by atoms with Gasteiger partial charge < -0.3 is 25.2 Å². The Labute approximate surface area is 120 Å². The van der Waals surface area contributed by atoms with Gasteiger partial charge in [0, 0.05) is 11.6 Å². The second-order valence-corrected chi connectivity index (χ2v) is 4.41. The van der Waals surface area contributed by atoms with Gasteiger partial charge in [0.2, 0.25) is 0 Å². The van der Waals surface area contributed by atoms with Crippen molar-refractivity contribution < 1.29 is 19.4 Å². The van der Waals surface area contributed by atoms with Crippen LogP contribution < -0.4 is 10.5 Å². The lowest BCUT2D eigenvalue weighted by Crippen LogP contribution is -2.17. The lowest BCUT2D eigenvalue weighted by molar-refractivity contribution is 0.0544. The number of rotatable bonds is 8. The zero-order valence-corrected chi connectivity index (χ0v) is 12.2. The van der Waals surface area contributed by atoms with Gasteiger partial charge in [-0.25, -0.2) is 0 Å². The van der Waals surface area contributed by atoms with Crippen molar-refractivity contribution in [3.8, 4) is 5.75 Å². The highest BCUT2D eigenvalue weighted by atomic mass is 79.9. The van der Waals surface area contributed by atoms with Crippen LogP contribution in [0.1, 0.15) is 5.56 Å². The molecule has 0 aliphatic carbocycles. The molecule has 1 aromatic carbocycles. The summed E-state index contributed by atoms with van der Waals surface area (Å²) >= 11 is 3.33. The van der Waals surface area contributed by atoms with Crippen molar-refractivity contribution in [3.63, 3.8) is 0 Å². The Balaban J connectivity index is 2.56. The maximum absolute atomic E-state index is 8.75. The number of nitrogens with two attached hydrogens (primary N) is 1. The van der Waals surface area contributed by atoms with E-state index in [-0.39, 0.29) is 5.84 Å². The molecule has 0 spiro atoms. The molecule has 0 atom stereocenters. The van der Waals surface area contributed by atoms with Crippen LogP contribution in [0.3, 0.4) is 0 Å².